The van der Waals surface area contributed by atoms with Crippen LogP contribution in [0.2, 0.25) is 0 Å². The molecule has 0 saturated heterocycles. The van der Waals surface area contributed by atoms with Gasteiger partial charge in [0, 0.05) is 24.6 Å². The summed E-state index contributed by atoms with van der Waals surface area (Å²) in [5.74, 6) is 5.74. The molecule has 5 atom stereocenters. The zero-order chi connectivity index (χ0) is 25.9. The van der Waals surface area contributed by atoms with Crippen LogP contribution in [-0.2, 0) is 4.74 Å². The summed E-state index contributed by atoms with van der Waals surface area (Å²) in [4.78, 5) is 2.70. The molecule has 0 radical (unpaired) electrons. The molecule has 2 fully saturated rings. The lowest BCUT2D eigenvalue weighted by atomic mass is 9.62. The van der Waals surface area contributed by atoms with Gasteiger partial charge in [-0.3, -0.25) is 0 Å². The molecule has 5 rings (SSSR count). The molecule has 202 valence electrons. The fourth-order valence-electron chi connectivity index (χ4n) is 7.69. The lowest BCUT2D eigenvalue weighted by Crippen LogP contribution is -2.44. The van der Waals surface area contributed by atoms with E-state index in [1.54, 1.807) is 18.3 Å². The first kappa shape index (κ1) is 26.4. The van der Waals surface area contributed by atoms with E-state index in [9.17, 15) is 0 Å². The van der Waals surface area contributed by atoms with Crippen LogP contribution in [-0.4, -0.2) is 26.8 Å². The maximum absolute atomic E-state index is 6.59. The topological polar surface area (TPSA) is 21.7 Å². The standard InChI is InChI=1S/C34H49NO2/c1-6-8-27-18-24(3)11-14-32(27)30-21-35(20-29-12-15-31(29)28-10-7-9-23(2)17-28)33-19-26(25(4)36-5)13-16-34(33)37-22-30/h13,16,18-19,23,28-31H,4,6-12,14-15,17,20-22H2,1-3,5H3. The number of fused-ring (bicyclic) bond motifs is 1. The monoisotopic (exact) mass is 503 g/mol. The zero-order valence-corrected chi connectivity index (χ0v) is 23.9. The van der Waals surface area contributed by atoms with E-state index in [1.165, 1.54) is 75.5 Å². The largest absolute Gasteiger partial charge is 0.497 e. The fraction of sp³-hybridized carbons (Fsp3) is 0.647. The van der Waals surface area contributed by atoms with E-state index >= 15 is 0 Å². The zero-order valence-electron chi connectivity index (χ0n) is 23.9. The molecule has 0 amide bonds. The Bertz CT molecular complexity index is 1040. The Hall–Kier alpha value is -2.16. The molecule has 3 aliphatic carbocycles. The third-order valence-corrected chi connectivity index (χ3v) is 9.90. The summed E-state index contributed by atoms with van der Waals surface area (Å²) in [6.07, 6.45) is 15.8. The molecule has 37 heavy (non-hydrogen) atoms. The summed E-state index contributed by atoms with van der Waals surface area (Å²) in [6, 6.07) is 6.52. The van der Waals surface area contributed by atoms with E-state index in [4.69, 9.17) is 9.47 Å². The van der Waals surface area contributed by atoms with Crippen molar-refractivity contribution in [2.45, 2.75) is 85.0 Å². The van der Waals surface area contributed by atoms with Gasteiger partial charge in [0.25, 0.3) is 0 Å². The van der Waals surface area contributed by atoms with Crippen molar-refractivity contribution in [3.63, 3.8) is 0 Å². The van der Waals surface area contributed by atoms with Crippen LogP contribution in [0.4, 0.5) is 5.69 Å². The van der Waals surface area contributed by atoms with Crippen molar-refractivity contribution in [1.29, 1.82) is 0 Å². The highest BCUT2D eigenvalue weighted by Crippen LogP contribution is 2.48. The lowest BCUT2D eigenvalue weighted by molar-refractivity contribution is 0.0694. The minimum atomic E-state index is 0.445. The van der Waals surface area contributed by atoms with Gasteiger partial charge in [0.15, 0.2) is 0 Å². The Morgan fingerprint density at radius 2 is 2.03 bits per heavy atom. The summed E-state index contributed by atoms with van der Waals surface area (Å²) in [5, 5.41) is 0. The predicted octanol–water partition coefficient (Wildman–Crippen LogP) is 8.81. The number of nitrogens with zero attached hydrogens (tertiary/aromatic N) is 1. The molecule has 1 heterocycles. The van der Waals surface area contributed by atoms with Crippen molar-refractivity contribution in [3.8, 4) is 5.75 Å². The van der Waals surface area contributed by atoms with Crippen LogP contribution < -0.4 is 9.64 Å². The number of ether oxygens (including phenoxy) is 2. The number of benzene rings is 1. The van der Waals surface area contributed by atoms with Crippen LogP contribution in [0.5, 0.6) is 5.75 Å². The third-order valence-electron chi connectivity index (χ3n) is 9.90. The lowest BCUT2D eigenvalue weighted by Gasteiger charge is -2.47. The highest BCUT2D eigenvalue weighted by molar-refractivity contribution is 5.69. The maximum atomic E-state index is 6.59. The van der Waals surface area contributed by atoms with Gasteiger partial charge < -0.3 is 14.4 Å². The normalized spacial score (nSPS) is 30.0. The fourth-order valence-corrected chi connectivity index (χ4v) is 7.69. The Morgan fingerprint density at radius 3 is 2.76 bits per heavy atom. The van der Waals surface area contributed by atoms with Gasteiger partial charge in [0.2, 0.25) is 0 Å². The van der Waals surface area contributed by atoms with Crippen molar-refractivity contribution in [3.05, 3.63) is 53.1 Å². The van der Waals surface area contributed by atoms with Gasteiger partial charge in [0.1, 0.15) is 11.5 Å². The molecule has 1 aliphatic heterocycles. The van der Waals surface area contributed by atoms with Gasteiger partial charge in [-0.2, -0.15) is 0 Å². The van der Waals surface area contributed by atoms with Crippen molar-refractivity contribution in [2.75, 3.05) is 31.7 Å². The molecule has 5 unspecified atom stereocenters. The number of rotatable bonds is 8. The number of anilines is 1. The van der Waals surface area contributed by atoms with E-state index in [0.717, 1.165) is 60.4 Å². The van der Waals surface area contributed by atoms with E-state index in [2.05, 4.69) is 56.5 Å². The second-order valence-corrected chi connectivity index (χ2v) is 12.5. The molecule has 0 aromatic heterocycles. The molecule has 0 N–H and O–H groups in total. The molecular weight excluding hydrogens is 454 g/mol. The molecule has 3 nitrogen and oxygen atoms in total. The summed E-state index contributed by atoms with van der Waals surface area (Å²) < 4.78 is 12.1. The van der Waals surface area contributed by atoms with Crippen molar-refractivity contribution < 1.29 is 9.47 Å². The average Bonchev–Trinajstić information content (AvgIpc) is 3.05. The molecule has 2 saturated carbocycles. The molecule has 0 bridgehead atoms. The summed E-state index contributed by atoms with van der Waals surface area (Å²) in [6.45, 7) is 14.2. The van der Waals surface area contributed by atoms with Crippen molar-refractivity contribution in [2.24, 2.45) is 29.6 Å². The molecule has 0 spiro atoms. The van der Waals surface area contributed by atoms with Gasteiger partial charge in [0.05, 0.1) is 19.4 Å². The Kier molecular flexibility index (Phi) is 8.37. The number of methoxy groups -OCH3 is 1. The quantitative estimate of drug-likeness (QED) is 0.331. The van der Waals surface area contributed by atoms with Crippen LogP contribution in [0, 0.1) is 29.6 Å². The van der Waals surface area contributed by atoms with Gasteiger partial charge >= 0.3 is 0 Å². The van der Waals surface area contributed by atoms with Crippen molar-refractivity contribution in [1.82, 2.24) is 0 Å². The molecular formula is C34H49NO2. The van der Waals surface area contributed by atoms with E-state index in [-0.39, 0.29) is 0 Å². The highest BCUT2D eigenvalue weighted by Gasteiger charge is 2.40. The summed E-state index contributed by atoms with van der Waals surface area (Å²) >= 11 is 0. The maximum Gasteiger partial charge on any atom is 0.142 e. The first-order valence-corrected chi connectivity index (χ1v) is 15.1. The molecule has 4 aliphatic rings. The van der Waals surface area contributed by atoms with Gasteiger partial charge in [-0.15, -0.1) is 0 Å². The van der Waals surface area contributed by atoms with Crippen molar-refractivity contribution >= 4 is 11.4 Å². The molecule has 1 aromatic carbocycles. The molecule has 1 aromatic rings. The van der Waals surface area contributed by atoms with Gasteiger partial charge in [-0.25, -0.2) is 0 Å². The number of hydrogen-bond acceptors (Lipinski definition) is 3. The average molecular weight is 504 g/mol. The van der Waals surface area contributed by atoms with E-state index in [0.29, 0.717) is 5.92 Å². The summed E-state index contributed by atoms with van der Waals surface area (Å²) in [7, 11) is 1.71. The number of allylic oxidation sites excluding steroid dienone is 3. The SMILES string of the molecule is C=C(OC)c1ccc2c(c1)N(CC1CCC1C1CCCC(C)C1)CC(C1=C(CCC)C=C(C)CC1)CO2. The highest BCUT2D eigenvalue weighted by atomic mass is 16.5. The molecule has 3 heteroatoms. The predicted molar refractivity (Wildman–Crippen MR) is 156 cm³/mol. The van der Waals surface area contributed by atoms with Gasteiger partial charge in [-0.05, 0) is 92.9 Å². The Balaban J connectivity index is 1.44. The number of hydrogen-bond donors (Lipinski definition) is 0. The Labute approximate surface area is 226 Å². The van der Waals surface area contributed by atoms with Crippen LogP contribution >= 0.6 is 0 Å². The second kappa shape index (κ2) is 11.7. The van der Waals surface area contributed by atoms with Crippen LogP contribution in [0.15, 0.2) is 47.6 Å². The first-order chi connectivity index (χ1) is 18.0. The minimum absolute atomic E-state index is 0.445. The van der Waals surface area contributed by atoms with E-state index in [1.807, 2.05) is 0 Å². The minimum Gasteiger partial charge on any atom is -0.497 e. The Morgan fingerprint density at radius 1 is 1.16 bits per heavy atom. The van der Waals surface area contributed by atoms with E-state index < -0.39 is 0 Å². The second-order valence-electron chi connectivity index (χ2n) is 12.5. The third kappa shape index (κ3) is 5.81. The van der Waals surface area contributed by atoms with Crippen LogP contribution in [0.25, 0.3) is 5.76 Å². The van der Waals surface area contributed by atoms with Crippen LogP contribution in [0.3, 0.4) is 0 Å². The smallest absolute Gasteiger partial charge is 0.142 e. The first-order valence-electron chi connectivity index (χ1n) is 15.1. The van der Waals surface area contributed by atoms with Crippen LogP contribution in [0.1, 0.15) is 90.5 Å². The summed E-state index contributed by atoms with van der Waals surface area (Å²) in [5.41, 5.74) is 7.06. The van der Waals surface area contributed by atoms with Gasteiger partial charge in [-0.1, -0.05) is 63.3 Å².